The van der Waals surface area contributed by atoms with Gasteiger partial charge in [0.15, 0.2) is 0 Å². The number of nitrogens with one attached hydrogen (secondary N) is 1. The Hall–Kier alpha value is -2.87. The molecule has 0 aliphatic carbocycles. The molecule has 1 aliphatic heterocycles. The van der Waals surface area contributed by atoms with Crippen LogP contribution in [-0.2, 0) is 17.6 Å². The molecule has 216 valence electrons. The van der Waals surface area contributed by atoms with Crippen LogP contribution in [0.2, 0.25) is 20.1 Å². The van der Waals surface area contributed by atoms with Gasteiger partial charge in [-0.1, -0.05) is 88.9 Å². The van der Waals surface area contributed by atoms with E-state index in [-0.39, 0.29) is 28.1 Å². The van der Waals surface area contributed by atoms with E-state index in [2.05, 4.69) is 9.62 Å². The highest BCUT2D eigenvalue weighted by Crippen LogP contribution is 2.48. The minimum absolute atomic E-state index is 0.0385. The summed E-state index contributed by atoms with van der Waals surface area (Å²) in [6.45, 7) is 1.48. The molecule has 0 aromatic heterocycles. The number of carboxylic acids is 1. The summed E-state index contributed by atoms with van der Waals surface area (Å²) in [5, 5.41) is 14.3. The summed E-state index contributed by atoms with van der Waals surface area (Å²) in [6.07, 6.45) is 1.53. The summed E-state index contributed by atoms with van der Waals surface area (Å²) in [7, 11) is 0. The molecule has 42 heavy (non-hydrogen) atoms. The lowest BCUT2D eigenvalue weighted by atomic mass is 9.88. The van der Waals surface area contributed by atoms with Gasteiger partial charge in [-0.05, 0) is 85.3 Å². The van der Waals surface area contributed by atoms with Gasteiger partial charge >= 0.3 is 5.97 Å². The minimum Gasteiger partial charge on any atom is -0.480 e. The van der Waals surface area contributed by atoms with Crippen LogP contribution in [0.3, 0.4) is 0 Å². The van der Waals surface area contributed by atoms with Crippen LogP contribution in [0.1, 0.15) is 46.4 Å². The van der Waals surface area contributed by atoms with E-state index in [1.807, 2.05) is 66.7 Å². The Balaban J connectivity index is 1.47. The first-order chi connectivity index (χ1) is 20.1. The van der Waals surface area contributed by atoms with Gasteiger partial charge in [-0.3, -0.25) is 4.79 Å². The number of hydrogen-bond acceptors (Lipinski definition) is 4. The zero-order chi connectivity index (χ0) is 30.0. The quantitative estimate of drug-likeness (QED) is 0.185. The number of hydrogen-bond donors (Lipinski definition) is 2. The number of carboxylic acid groups (broad SMARTS) is 1. The Kier molecular flexibility index (Phi) is 9.31. The highest BCUT2D eigenvalue weighted by Gasteiger charge is 2.37. The summed E-state index contributed by atoms with van der Waals surface area (Å²) in [4.78, 5) is 26.6. The second-order valence-electron chi connectivity index (χ2n) is 10.2. The van der Waals surface area contributed by atoms with E-state index >= 15 is 0 Å². The van der Waals surface area contributed by atoms with Crippen molar-refractivity contribution < 1.29 is 14.7 Å². The molecule has 10 heteroatoms. The Morgan fingerprint density at radius 3 is 2.14 bits per heavy atom. The number of carbonyl (C=O) groups excluding carboxylic acids is 1. The maximum Gasteiger partial charge on any atom is 0.329 e. The molecular weight excluding hydrogens is 634 g/mol. The molecule has 5 rings (SSSR count). The highest BCUT2D eigenvalue weighted by atomic mass is 35.5. The normalized spacial score (nSPS) is 15.9. The second kappa shape index (κ2) is 12.8. The zero-order valence-corrected chi connectivity index (χ0v) is 26.3. The van der Waals surface area contributed by atoms with Crippen LogP contribution < -0.4 is 9.62 Å². The molecule has 0 saturated carbocycles. The number of fused-ring (bicyclic) bond motifs is 1. The van der Waals surface area contributed by atoms with E-state index in [4.69, 9.17) is 46.4 Å². The summed E-state index contributed by atoms with van der Waals surface area (Å²) < 4.78 is 2.22. The fourth-order valence-electron chi connectivity index (χ4n) is 5.15. The lowest BCUT2D eigenvalue weighted by Crippen LogP contribution is -2.54. The summed E-state index contributed by atoms with van der Waals surface area (Å²) in [6, 6.07) is 26.1. The molecule has 0 spiro atoms. The van der Waals surface area contributed by atoms with Crippen molar-refractivity contribution in [1.82, 2.24) is 5.32 Å². The van der Waals surface area contributed by atoms with Crippen molar-refractivity contribution in [3.05, 3.63) is 127 Å². The average molecular weight is 660 g/mol. The Bertz CT molecular complexity index is 1610. The maximum absolute atomic E-state index is 13.1. The molecule has 4 aromatic rings. The third kappa shape index (κ3) is 6.38. The van der Waals surface area contributed by atoms with Gasteiger partial charge in [0.25, 0.3) is 5.91 Å². The number of anilines is 1. The number of halogens is 4. The predicted octanol–water partition coefficient (Wildman–Crippen LogP) is 9.32. The highest BCUT2D eigenvalue weighted by molar-refractivity contribution is 8.00. The van der Waals surface area contributed by atoms with Crippen molar-refractivity contribution in [2.75, 3.05) is 4.31 Å². The Labute approximate surface area is 268 Å². The van der Waals surface area contributed by atoms with E-state index in [0.717, 1.165) is 40.1 Å². The molecule has 1 aliphatic rings. The third-order valence-corrected chi connectivity index (χ3v) is 9.66. The molecule has 2 atom stereocenters. The number of benzene rings is 4. The van der Waals surface area contributed by atoms with E-state index in [9.17, 15) is 14.7 Å². The van der Waals surface area contributed by atoms with E-state index in [1.165, 1.54) is 19.1 Å². The summed E-state index contributed by atoms with van der Waals surface area (Å²) in [5.41, 5.74) is 2.11. The van der Waals surface area contributed by atoms with Gasteiger partial charge in [-0.2, -0.15) is 0 Å². The molecule has 4 aromatic carbocycles. The van der Waals surface area contributed by atoms with Crippen LogP contribution in [0, 0.1) is 0 Å². The number of aliphatic carboxylic acids is 1. The van der Waals surface area contributed by atoms with E-state index < -0.39 is 17.4 Å². The summed E-state index contributed by atoms with van der Waals surface area (Å²) >= 11 is 27.3. The van der Waals surface area contributed by atoms with Crippen LogP contribution in [0.5, 0.6) is 0 Å². The predicted molar refractivity (Wildman–Crippen MR) is 172 cm³/mol. The van der Waals surface area contributed by atoms with Crippen molar-refractivity contribution in [2.24, 2.45) is 0 Å². The molecule has 0 fully saturated rings. The third-order valence-electron chi connectivity index (χ3n) is 7.24. The molecule has 2 unspecified atom stereocenters. The average Bonchev–Trinajstić information content (AvgIpc) is 2.94. The van der Waals surface area contributed by atoms with Crippen LogP contribution in [0.15, 0.2) is 89.8 Å². The standard InChI is InChI=1S/C32H26Cl4N2O3S/c1-32(31(40)41,37-30(39)29-24(35)11-6-12-25(29)36)18-19-13-15-26-20(17-19)14-16-27(28-22(33)9-5-10-23(28)34)38(26)42-21-7-3-2-4-8-21/h2-13,15,17,27H,14,16,18H2,1H3,(H,37,39)(H,40,41). The maximum atomic E-state index is 13.1. The van der Waals surface area contributed by atoms with Crippen LogP contribution in [0.4, 0.5) is 5.69 Å². The largest absolute Gasteiger partial charge is 0.480 e. The minimum atomic E-state index is -1.62. The van der Waals surface area contributed by atoms with Crippen LogP contribution in [0.25, 0.3) is 0 Å². The molecule has 1 heterocycles. The molecular formula is C32H26Cl4N2O3S. The first kappa shape index (κ1) is 30.6. The number of rotatable bonds is 8. The van der Waals surface area contributed by atoms with Gasteiger partial charge in [-0.15, -0.1) is 0 Å². The van der Waals surface area contributed by atoms with Crippen molar-refractivity contribution in [1.29, 1.82) is 0 Å². The molecule has 5 nitrogen and oxygen atoms in total. The zero-order valence-electron chi connectivity index (χ0n) is 22.4. The van der Waals surface area contributed by atoms with Crippen molar-refractivity contribution in [3.8, 4) is 0 Å². The summed E-state index contributed by atoms with van der Waals surface area (Å²) in [5.74, 6) is -1.83. The first-order valence-corrected chi connectivity index (χ1v) is 15.4. The van der Waals surface area contributed by atoms with Gasteiger partial charge in [0.1, 0.15) is 5.54 Å². The second-order valence-corrected chi connectivity index (χ2v) is 12.9. The van der Waals surface area contributed by atoms with E-state index in [0.29, 0.717) is 10.0 Å². The van der Waals surface area contributed by atoms with Gasteiger partial charge in [0, 0.05) is 26.9 Å². The van der Waals surface area contributed by atoms with Gasteiger partial charge in [0.05, 0.1) is 27.3 Å². The molecule has 0 bridgehead atoms. The van der Waals surface area contributed by atoms with Crippen molar-refractivity contribution >= 4 is 75.9 Å². The van der Waals surface area contributed by atoms with Gasteiger partial charge < -0.3 is 14.7 Å². The van der Waals surface area contributed by atoms with Crippen molar-refractivity contribution in [3.63, 3.8) is 0 Å². The Morgan fingerprint density at radius 2 is 1.52 bits per heavy atom. The molecule has 2 N–H and O–H groups in total. The Morgan fingerprint density at radius 1 is 0.905 bits per heavy atom. The topological polar surface area (TPSA) is 69.6 Å². The molecule has 0 saturated heterocycles. The SMILES string of the molecule is CC(Cc1ccc2c(c1)CCC(c1c(Cl)cccc1Cl)N2Sc1ccccc1)(NC(=O)c1c(Cl)cccc1Cl)C(=O)O. The van der Waals surface area contributed by atoms with E-state index in [1.54, 1.807) is 18.0 Å². The van der Waals surface area contributed by atoms with Crippen molar-refractivity contribution in [2.45, 2.75) is 42.7 Å². The smallest absolute Gasteiger partial charge is 0.329 e. The number of nitrogens with zero attached hydrogens (tertiary/aromatic N) is 1. The van der Waals surface area contributed by atoms with Crippen LogP contribution >= 0.6 is 58.4 Å². The fraction of sp³-hybridized carbons (Fsp3) is 0.188. The van der Waals surface area contributed by atoms with Crippen LogP contribution in [-0.4, -0.2) is 22.5 Å². The lowest BCUT2D eigenvalue weighted by Gasteiger charge is -2.39. The fourth-order valence-corrected chi connectivity index (χ4v) is 7.49. The molecule has 0 radical (unpaired) electrons. The molecule has 1 amide bonds. The number of carbonyl (C=O) groups is 2. The van der Waals surface area contributed by atoms with Gasteiger partial charge in [0.2, 0.25) is 0 Å². The van der Waals surface area contributed by atoms with Gasteiger partial charge in [-0.25, -0.2) is 4.79 Å². The number of amides is 1. The number of aryl methyl sites for hydroxylation is 1. The monoisotopic (exact) mass is 658 g/mol. The first-order valence-electron chi connectivity index (χ1n) is 13.2. The lowest BCUT2D eigenvalue weighted by molar-refractivity contribution is -0.143.